The quantitative estimate of drug-likeness (QED) is 0.771. The maximum absolute atomic E-state index is 12.7. The van der Waals surface area contributed by atoms with Crippen molar-refractivity contribution in [2.75, 3.05) is 21.3 Å². The smallest absolute Gasteiger partial charge is 0.198 e. The van der Waals surface area contributed by atoms with E-state index >= 15 is 0 Å². The van der Waals surface area contributed by atoms with E-state index in [1.54, 1.807) is 50.6 Å². The van der Waals surface area contributed by atoms with Gasteiger partial charge in [-0.1, -0.05) is 0 Å². The van der Waals surface area contributed by atoms with Crippen molar-refractivity contribution in [3.05, 3.63) is 52.0 Å². The first kappa shape index (κ1) is 15.4. The molecule has 0 spiro atoms. The molecule has 5 heteroatoms. The molecule has 0 bridgehead atoms. The average molecular weight is 351 g/mol. The van der Waals surface area contributed by atoms with Crippen molar-refractivity contribution in [3.8, 4) is 17.2 Å². The fourth-order valence-electron chi connectivity index (χ4n) is 1.94. The summed E-state index contributed by atoms with van der Waals surface area (Å²) in [6.07, 6.45) is 0. The molecule has 0 aliphatic heterocycles. The normalized spacial score (nSPS) is 10.1. The second kappa shape index (κ2) is 6.63. The van der Waals surface area contributed by atoms with Crippen LogP contribution in [0.4, 0.5) is 0 Å². The van der Waals surface area contributed by atoms with E-state index in [-0.39, 0.29) is 5.78 Å². The molecule has 2 aromatic rings. The Hall–Kier alpha value is -2.01. The number of carbonyl (C=O) groups excluding carboxylic acids is 1. The average Bonchev–Trinajstić information content (AvgIpc) is 2.53. The van der Waals surface area contributed by atoms with Crippen molar-refractivity contribution in [1.29, 1.82) is 0 Å². The highest BCUT2D eigenvalue weighted by Crippen LogP contribution is 2.30. The van der Waals surface area contributed by atoms with Gasteiger partial charge in [0, 0.05) is 10.0 Å². The van der Waals surface area contributed by atoms with Crippen molar-refractivity contribution >= 4 is 21.7 Å². The number of ketones is 1. The zero-order valence-corrected chi connectivity index (χ0v) is 13.6. The molecule has 0 radical (unpaired) electrons. The van der Waals surface area contributed by atoms with E-state index in [4.69, 9.17) is 14.2 Å². The highest BCUT2D eigenvalue weighted by atomic mass is 79.9. The van der Waals surface area contributed by atoms with E-state index in [9.17, 15) is 4.79 Å². The topological polar surface area (TPSA) is 44.8 Å². The van der Waals surface area contributed by atoms with Gasteiger partial charge in [-0.3, -0.25) is 4.79 Å². The zero-order chi connectivity index (χ0) is 15.4. The predicted molar refractivity (Wildman–Crippen MR) is 83.7 cm³/mol. The summed E-state index contributed by atoms with van der Waals surface area (Å²) in [7, 11) is 4.66. The van der Waals surface area contributed by atoms with Crippen LogP contribution in [-0.2, 0) is 0 Å². The number of ether oxygens (including phenoxy) is 3. The Morgan fingerprint density at radius 3 is 2.05 bits per heavy atom. The molecule has 0 saturated heterocycles. The molecule has 2 rings (SSSR count). The summed E-state index contributed by atoms with van der Waals surface area (Å²) in [5.41, 5.74) is 0.977. The van der Waals surface area contributed by atoms with Crippen LogP contribution in [0.1, 0.15) is 15.9 Å². The van der Waals surface area contributed by atoms with Crippen LogP contribution in [0, 0.1) is 0 Å². The number of methoxy groups -OCH3 is 3. The number of carbonyl (C=O) groups is 1. The first-order valence-electron chi connectivity index (χ1n) is 6.21. The van der Waals surface area contributed by atoms with Crippen LogP contribution in [-0.4, -0.2) is 27.1 Å². The highest BCUT2D eigenvalue weighted by Gasteiger charge is 2.18. The molecule has 0 aromatic heterocycles. The minimum absolute atomic E-state index is 0.153. The molecule has 0 heterocycles. The van der Waals surface area contributed by atoms with Crippen LogP contribution < -0.4 is 14.2 Å². The van der Waals surface area contributed by atoms with Crippen molar-refractivity contribution in [1.82, 2.24) is 0 Å². The van der Waals surface area contributed by atoms with E-state index in [0.29, 0.717) is 32.8 Å². The second-order valence-electron chi connectivity index (χ2n) is 4.24. The minimum Gasteiger partial charge on any atom is -0.497 e. The Morgan fingerprint density at radius 2 is 1.48 bits per heavy atom. The Kier molecular flexibility index (Phi) is 4.85. The lowest BCUT2D eigenvalue weighted by Gasteiger charge is -2.11. The van der Waals surface area contributed by atoms with Crippen molar-refractivity contribution in [2.24, 2.45) is 0 Å². The molecule has 0 fully saturated rings. The summed E-state index contributed by atoms with van der Waals surface area (Å²) in [5, 5.41) is 0. The molecule has 4 nitrogen and oxygen atoms in total. The molecule has 0 unspecified atom stereocenters. The standard InChI is InChI=1S/C16H15BrO4/c1-19-10-5-7-15(21-3)13(8-10)16(18)12-6-4-11(20-2)9-14(12)17/h4-9H,1-3H3. The van der Waals surface area contributed by atoms with Gasteiger partial charge in [0.05, 0.1) is 26.9 Å². The largest absolute Gasteiger partial charge is 0.497 e. The lowest BCUT2D eigenvalue weighted by atomic mass is 10.0. The van der Waals surface area contributed by atoms with Gasteiger partial charge in [-0.15, -0.1) is 0 Å². The molecule has 0 aliphatic carbocycles. The fraction of sp³-hybridized carbons (Fsp3) is 0.188. The van der Waals surface area contributed by atoms with Crippen LogP contribution in [0.25, 0.3) is 0 Å². The lowest BCUT2D eigenvalue weighted by molar-refractivity contribution is 0.103. The maximum Gasteiger partial charge on any atom is 0.198 e. The van der Waals surface area contributed by atoms with Crippen molar-refractivity contribution in [3.63, 3.8) is 0 Å². The number of hydrogen-bond acceptors (Lipinski definition) is 4. The zero-order valence-electron chi connectivity index (χ0n) is 12.0. The molecule has 0 saturated carbocycles. The second-order valence-corrected chi connectivity index (χ2v) is 5.10. The molecule has 2 aromatic carbocycles. The van der Waals surface area contributed by atoms with Crippen LogP contribution >= 0.6 is 15.9 Å². The Bertz CT molecular complexity index is 667. The maximum atomic E-state index is 12.7. The molecular weight excluding hydrogens is 336 g/mol. The van der Waals surface area contributed by atoms with Gasteiger partial charge in [0.15, 0.2) is 5.78 Å². The van der Waals surface area contributed by atoms with Gasteiger partial charge in [-0.25, -0.2) is 0 Å². The first-order valence-corrected chi connectivity index (χ1v) is 7.00. The van der Waals surface area contributed by atoms with Gasteiger partial charge in [-0.2, -0.15) is 0 Å². The van der Waals surface area contributed by atoms with Crippen molar-refractivity contribution in [2.45, 2.75) is 0 Å². The molecule has 0 aliphatic rings. The number of rotatable bonds is 5. The van der Waals surface area contributed by atoms with Gasteiger partial charge in [0.25, 0.3) is 0 Å². The number of benzene rings is 2. The van der Waals surface area contributed by atoms with Crippen LogP contribution in [0.5, 0.6) is 17.2 Å². The summed E-state index contributed by atoms with van der Waals surface area (Å²) < 4.78 is 16.2. The summed E-state index contributed by atoms with van der Waals surface area (Å²) in [6.45, 7) is 0. The van der Waals surface area contributed by atoms with E-state index in [1.807, 2.05) is 0 Å². The fourth-order valence-corrected chi connectivity index (χ4v) is 2.48. The first-order chi connectivity index (χ1) is 10.1. The summed E-state index contributed by atoms with van der Waals surface area (Å²) in [4.78, 5) is 12.7. The monoisotopic (exact) mass is 350 g/mol. The molecular formula is C16H15BrO4. The van der Waals surface area contributed by atoms with Gasteiger partial charge in [0.2, 0.25) is 0 Å². The third-order valence-electron chi connectivity index (χ3n) is 3.07. The van der Waals surface area contributed by atoms with E-state index in [1.165, 1.54) is 7.11 Å². The summed E-state index contributed by atoms with van der Waals surface area (Å²) in [5.74, 6) is 1.63. The number of halogens is 1. The Labute approximate surface area is 131 Å². The summed E-state index contributed by atoms with van der Waals surface area (Å²) >= 11 is 3.40. The van der Waals surface area contributed by atoms with Crippen LogP contribution in [0.15, 0.2) is 40.9 Å². The van der Waals surface area contributed by atoms with Gasteiger partial charge in [0.1, 0.15) is 17.2 Å². The Morgan fingerprint density at radius 1 is 0.857 bits per heavy atom. The SMILES string of the molecule is COc1ccc(C(=O)c2cc(OC)ccc2OC)c(Br)c1. The Balaban J connectivity index is 2.48. The number of hydrogen-bond donors (Lipinski definition) is 0. The molecule has 21 heavy (non-hydrogen) atoms. The highest BCUT2D eigenvalue weighted by molar-refractivity contribution is 9.10. The molecule has 0 amide bonds. The van der Waals surface area contributed by atoms with Crippen LogP contribution in [0.2, 0.25) is 0 Å². The molecule has 110 valence electrons. The third kappa shape index (κ3) is 3.19. The molecule has 0 N–H and O–H groups in total. The van der Waals surface area contributed by atoms with E-state index < -0.39 is 0 Å². The van der Waals surface area contributed by atoms with E-state index in [2.05, 4.69) is 15.9 Å². The van der Waals surface area contributed by atoms with Gasteiger partial charge in [-0.05, 0) is 52.3 Å². The summed E-state index contributed by atoms with van der Waals surface area (Å²) in [6, 6.07) is 10.3. The van der Waals surface area contributed by atoms with Crippen molar-refractivity contribution < 1.29 is 19.0 Å². The lowest BCUT2D eigenvalue weighted by Crippen LogP contribution is -2.05. The molecule has 0 atom stereocenters. The van der Waals surface area contributed by atoms with Gasteiger partial charge < -0.3 is 14.2 Å². The minimum atomic E-state index is -0.153. The predicted octanol–water partition coefficient (Wildman–Crippen LogP) is 3.71. The van der Waals surface area contributed by atoms with Crippen LogP contribution in [0.3, 0.4) is 0 Å². The third-order valence-corrected chi connectivity index (χ3v) is 3.73. The van der Waals surface area contributed by atoms with E-state index in [0.717, 1.165) is 0 Å². The van der Waals surface area contributed by atoms with Gasteiger partial charge >= 0.3 is 0 Å².